The van der Waals surface area contributed by atoms with Crippen LogP contribution in [0.2, 0.25) is 0 Å². The summed E-state index contributed by atoms with van der Waals surface area (Å²) in [4.78, 5) is 11.9. The van der Waals surface area contributed by atoms with Gasteiger partial charge in [0.25, 0.3) is 5.91 Å². The Kier molecular flexibility index (Phi) is 4.80. The van der Waals surface area contributed by atoms with E-state index in [1.807, 2.05) is 6.92 Å². The Morgan fingerprint density at radius 1 is 1.38 bits per heavy atom. The molecule has 2 aromatic rings. The molecule has 0 unspecified atom stereocenters. The zero-order chi connectivity index (χ0) is 15.4. The summed E-state index contributed by atoms with van der Waals surface area (Å²) < 4.78 is 19.2. The predicted octanol–water partition coefficient (Wildman–Crippen LogP) is 3.50. The van der Waals surface area contributed by atoms with Crippen molar-refractivity contribution in [3.05, 3.63) is 52.3 Å². The van der Waals surface area contributed by atoms with Crippen LogP contribution in [0.5, 0.6) is 5.75 Å². The van der Waals surface area contributed by atoms with Crippen molar-refractivity contribution in [1.82, 2.24) is 0 Å². The number of nitrogens with two attached hydrogens (primary N) is 1. The maximum absolute atomic E-state index is 13.4. The number of para-hydroxylation sites is 1. The van der Waals surface area contributed by atoms with Crippen molar-refractivity contribution in [2.75, 3.05) is 17.7 Å². The second-order valence-electron chi connectivity index (χ2n) is 4.46. The lowest BCUT2D eigenvalue weighted by molar-refractivity contribution is -0.118. The van der Waals surface area contributed by atoms with Gasteiger partial charge in [-0.1, -0.05) is 12.1 Å². The zero-order valence-electron chi connectivity index (χ0n) is 11.3. The third-order valence-electron chi connectivity index (χ3n) is 2.77. The Morgan fingerprint density at radius 3 is 2.76 bits per heavy atom. The summed E-state index contributed by atoms with van der Waals surface area (Å²) in [6.45, 7) is 1.55. The molecule has 0 aliphatic heterocycles. The molecular weight excluding hydrogens is 339 g/mol. The molecule has 2 rings (SSSR count). The van der Waals surface area contributed by atoms with Gasteiger partial charge in [-0.05, 0) is 52.7 Å². The van der Waals surface area contributed by atoms with Gasteiger partial charge in [0, 0.05) is 10.2 Å². The van der Waals surface area contributed by atoms with Gasteiger partial charge in [-0.3, -0.25) is 4.79 Å². The predicted molar refractivity (Wildman–Crippen MR) is 83.8 cm³/mol. The van der Waals surface area contributed by atoms with Crippen molar-refractivity contribution < 1.29 is 13.9 Å². The van der Waals surface area contributed by atoms with Gasteiger partial charge in [-0.2, -0.15) is 0 Å². The van der Waals surface area contributed by atoms with Gasteiger partial charge >= 0.3 is 0 Å². The average Bonchev–Trinajstić information content (AvgIpc) is 2.42. The van der Waals surface area contributed by atoms with Crippen molar-refractivity contribution in [3.63, 3.8) is 0 Å². The van der Waals surface area contributed by atoms with Crippen molar-refractivity contribution in [3.8, 4) is 5.75 Å². The van der Waals surface area contributed by atoms with Crippen LogP contribution in [0.25, 0.3) is 0 Å². The SMILES string of the molecule is Cc1cc(N)cc(Br)c1NC(=O)COc1ccccc1F. The normalized spacial score (nSPS) is 10.2. The number of hydrogen-bond acceptors (Lipinski definition) is 3. The maximum Gasteiger partial charge on any atom is 0.262 e. The molecule has 0 aromatic heterocycles. The van der Waals surface area contributed by atoms with E-state index < -0.39 is 5.82 Å². The summed E-state index contributed by atoms with van der Waals surface area (Å²) in [5, 5.41) is 2.71. The quantitative estimate of drug-likeness (QED) is 0.827. The summed E-state index contributed by atoms with van der Waals surface area (Å²) in [6, 6.07) is 9.37. The number of benzene rings is 2. The number of halogens is 2. The fraction of sp³-hybridized carbons (Fsp3) is 0.133. The van der Waals surface area contributed by atoms with Crippen molar-refractivity contribution in [2.45, 2.75) is 6.92 Å². The number of hydrogen-bond donors (Lipinski definition) is 2. The van der Waals surface area contributed by atoms with E-state index >= 15 is 0 Å². The molecule has 0 saturated carbocycles. The van der Waals surface area contributed by atoms with Crippen LogP contribution in [0.1, 0.15) is 5.56 Å². The third kappa shape index (κ3) is 3.95. The van der Waals surface area contributed by atoms with Gasteiger partial charge in [0.15, 0.2) is 18.2 Å². The Labute approximate surface area is 130 Å². The molecule has 3 N–H and O–H groups in total. The van der Waals surface area contributed by atoms with Crippen molar-refractivity contribution in [1.29, 1.82) is 0 Å². The third-order valence-corrected chi connectivity index (χ3v) is 3.39. The Balaban J connectivity index is 2.01. The van der Waals surface area contributed by atoms with Gasteiger partial charge in [0.1, 0.15) is 0 Å². The van der Waals surface area contributed by atoms with Crippen LogP contribution in [0.3, 0.4) is 0 Å². The molecule has 0 aliphatic rings. The topological polar surface area (TPSA) is 64.3 Å². The molecule has 1 amide bonds. The second kappa shape index (κ2) is 6.58. The van der Waals surface area contributed by atoms with Crippen LogP contribution in [0.4, 0.5) is 15.8 Å². The van der Waals surface area contributed by atoms with E-state index in [4.69, 9.17) is 10.5 Å². The number of aryl methyl sites for hydroxylation is 1. The van der Waals surface area contributed by atoms with Gasteiger partial charge < -0.3 is 15.8 Å². The molecule has 0 fully saturated rings. The molecule has 21 heavy (non-hydrogen) atoms. The molecule has 110 valence electrons. The first kappa shape index (κ1) is 15.3. The number of nitrogens with one attached hydrogen (secondary N) is 1. The zero-order valence-corrected chi connectivity index (χ0v) is 12.9. The highest BCUT2D eigenvalue weighted by atomic mass is 79.9. The molecule has 0 bridgehead atoms. The summed E-state index contributed by atoms with van der Waals surface area (Å²) >= 11 is 3.34. The van der Waals surface area contributed by atoms with E-state index in [-0.39, 0.29) is 18.3 Å². The highest BCUT2D eigenvalue weighted by Crippen LogP contribution is 2.29. The number of nitrogen functional groups attached to an aromatic ring is 1. The van der Waals surface area contributed by atoms with E-state index in [1.54, 1.807) is 24.3 Å². The molecule has 0 heterocycles. The summed E-state index contributed by atoms with van der Waals surface area (Å²) in [5.41, 5.74) is 7.74. The lowest BCUT2D eigenvalue weighted by Crippen LogP contribution is -2.21. The Morgan fingerprint density at radius 2 is 2.10 bits per heavy atom. The number of rotatable bonds is 4. The van der Waals surface area contributed by atoms with E-state index in [0.717, 1.165) is 5.56 Å². The first-order valence-electron chi connectivity index (χ1n) is 6.20. The molecular formula is C15H14BrFN2O2. The first-order valence-corrected chi connectivity index (χ1v) is 6.99. The number of amides is 1. The highest BCUT2D eigenvalue weighted by molar-refractivity contribution is 9.10. The fourth-order valence-electron chi connectivity index (χ4n) is 1.81. The molecule has 0 aliphatic carbocycles. The Hall–Kier alpha value is -2.08. The van der Waals surface area contributed by atoms with E-state index in [2.05, 4.69) is 21.2 Å². The minimum Gasteiger partial charge on any atom is -0.481 e. The van der Waals surface area contributed by atoms with E-state index in [1.165, 1.54) is 12.1 Å². The monoisotopic (exact) mass is 352 g/mol. The van der Waals surface area contributed by atoms with Crippen LogP contribution in [-0.4, -0.2) is 12.5 Å². The summed E-state index contributed by atoms with van der Waals surface area (Å²) in [6.07, 6.45) is 0. The number of ether oxygens (including phenoxy) is 1. The largest absolute Gasteiger partial charge is 0.481 e. The number of carbonyl (C=O) groups excluding carboxylic acids is 1. The fourth-order valence-corrected chi connectivity index (χ4v) is 2.49. The second-order valence-corrected chi connectivity index (χ2v) is 5.32. The molecule has 4 nitrogen and oxygen atoms in total. The summed E-state index contributed by atoms with van der Waals surface area (Å²) in [7, 11) is 0. The molecule has 2 aromatic carbocycles. The van der Waals surface area contributed by atoms with E-state index in [9.17, 15) is 9.18 Å². The van der Waals surface area contributed by atoms with Crippen LogP contribution < -0.4 is 15.8 Å². The molecule has 0 atom stereocenters. The molecule has 0 spiro atoms. The standard InChI is InChI=1S/C15H14BrFN2O2/c1-9-6-10(18)7-11(16)15(9)19-14(20)8-21-13-5-3-2-4-12(13)17/h2-7H,8,18H2,1H3,(H,19,20). The van der Waals surface area contributed by atoms with Gasteiger partial charge in [-0.25, -0.2) is 4.39 Å². The maximum atomic E-state index is 13.4. The van der Waals surface area contributed by atoms with E-state index in [0.29, 0.717) is 15.8 Å². The van der Waals surface area contributed by atoms with Crippen LogP contribution in [0.15, 0.2) is 40.9 Å². The van der Waals surface area contributed by atoms with Gasteiger partial charge in [-0.15, -0.1) is 0 Å². The molecule has 6 heteroatoms. The van der Waals surface area contributed by atoms with Crippen LogP contribution >= 0.6 is 15.9 Å². The van der Waals surface area contributed by atoms with Gasteiger partial charge in [0.2, 0.25) is 0 Å². The Bertz CT molecular complexity index is 653. The smallest absolute Gasteiger partial charge is 0.262 e. The minimum absolute atomic E-state index is 0.0424. The number of anilines is 2. The summed E-state index contributed by atoms with van der Waals surface area (Å²) in [5.74, 6) is -0.845. The average molecular weight is 353 g/mol. The van der Waals surface area contributed by atoms with Crippen molar-refractivity contribution in [2.24, 2.45) is 0 Å². The lowest BCUT2D eigenvalue weighted by Gasteiger charge is -2.12. The van der Waals surface area contributed by atoms with Crippen LogP contribution in [0, 0.1) is 12.7 Å². The first-order chi connectivity index (χ1) is 9.97. The van der Waals surface area contributed by atoms with Gasteiger partial charge in [0.05, 0.1) is 5.69 Å². The number of carbonyl (C=O) groups is 1. The van der Waals surface area contributed by atoms with Crippen molar-refractivity contribution >= 4 is 33.2 Å². The molecule has 0 saturated heterocycles. The molecule has 0 radical (unpaired) electrons. The highest BCUT2D eigenvalue weighted by Gasteiger charge is 2.11. The minimum atomic E-state index is -0.504. The lowest BCUT2D eigenvalue weighted by atomic mass is 10.2. The van der Waals surface area contributed by atoms with Crippen LogP contribution in [-0.2, 0) is 4.79 Å².